The molecule has 0 heterocycles. The third kappa shape index (κ3) is 6.26. The van der Waals surface area contributed by atoms with E-state index in [4.69, 9.17) is 10.5 Å². The Bertz CT molecular complexity index is 353. The molecule has 1 aromatic carbocycles. The summed E-state index contributed by atoms with van der Waals surface area (Å²) in [6, 6.07) is 3.62. The van der Waals surface area contributed by atoms with Crippen molar-refractivity contribution in [2.75, 3.05) is 33.4 Å². The minimum Gasteiger partial charge on any atom is -0.379 e. The molecule has 0 amide bonds. The molecule has 18 heavy (non-hydrogen) atoms. The number of nitrogens with two attached hydrogens (primary N) is 1. The number of rotatable bonds is 7. The normalized spacial score (nSPS) is 10.5. The largest absolute Gasteiger partial charge is 0.379 e. The van der Waals surface area contributed by atoms with Gasteiger partial charge in [-0.25, -0.2) is 8.78 Å². The van der Waals surface area contributed by atoms with Crippen LogP contribution in [0.3, 0.4) is 0 Å². The van der Waals surface area contributed by atoms with Crippen LogP contribution in [0.25, 0.3) is 0 Å². The van der Waals surface area contributed by atoms with Crippen molar-refractivity contribution in [2.45, 2.75) is 6.54 Å². The van der Waals surface area contributed by atoms with Gasteiger partial charge in [0.15, 0.2) is 0 Å². The summed E-state index contributed by atoms with van der Waals surface area (Å²) in [5, 5.41) is 0. The molecule has 104 valence electrons. The van der Waals surface area contributed by atoms with Gasteiger partial charge in [0.2, 0.25) is 0 Å². The summed E-state index contributed by atoms with van der Waals surface area (Å²) < 4.78 is 31.2. The van der Waals surface area contributed by atoms with Crippen LogP contribution in [-0.2, 0) is 11.3 Å². The molecule has 3 nitrogen and oxygen atoms in total. The maximum atomic E-state index is 13.3. The van der Waals surface area contributed by atoms with Gasteiger partial charge in [-0.05, 0) is 13.1 Å². The summed E-state index contributed by atoms with van der Waals surface area (Å²) in [5.74, 6) is -1.07. The van der Waals surface area contributed by atoms with Gasteiger partial charge in [0.05, 0.1) is 13.2 Å². The molecule has 0 bridgehead atoms. The fourth-order valence-electron chi connectivity index (χ4n) is 1.43. The Balaban J connectivity index is 0.00000289. The van der Waals surface area contributed by atoms with Crippen molar-refractivity contribution in [1.29, 1.82) is 0 Å². The molecule has 0 saturated carbocycles. The monoisotopic (exact) mass is 280 g/mol. The predicted molar refractivity (Wildman–Crippen MR) is 69.8 cm³/mol. The van der Waals surface area contributed by atoms with E-state index >= 15 is 0 Å². The highest BCUT2D eigenvalue weighted by Gasteiger charge is 2.06. The van der Waals surface area contributed by atoms with Gasteiger partial charge in [-0.3, -0.25) is 4.90 Å². The van der Waals surface area contributed by atoms with Gasteiger partial charge in [0.1, 0.15) is 11.6 Å². The number of halogens is 3. The van der Waals surface area contributed by atoms with Crippen LogP contribution >= 0.6 is 12.4 Å². The van der Waals surface area contributed by atoms with Gasteiger partial charge in [0.25, 0.3) is 0 Å². The summed E-state index contributed by atoms with van der Waals surface area (Å²) in [7, 11) is 1.86. The van der Waals surface area contributed by atoms with Crippen molar-refractivity contribution in [3.63, 3.8) is 0 Å². The predicted octanol–water partition coefficient (Wildman–Crippen LogP) is 1.79. The van der Waals surface area contributed by atoms with Crippen LogP contribution in [0.4, 0.5) is 8.78 Å². The average molecular weight is 281 g/mol. The van der Waals surface area contributed by atoms with E-state index in [0.29, 0.717) is 38.4 Å². The molecule has 0 aromatic heterocycles. The zero-order valence-corrected chi connectivity index (χ0v) is 11.2. The number of hydrogen-bond acceptors (Lipinski definition) is 3. The zero-order chi connectivity index (χ0) is 12.7. The van der Waals surface area contributed by atoms with Crippen LogP contribution in [0, 0.1) is 11.6 Å². The number of ether oxygens (including phenoxy) is 1. The van der Waals surface area contributed by atoms with E-state index in [-0.39, 0.29) is 12.4 Å². The van der Waals surface area contributed by atoms with Crippen LogP contribution in [0.1, 0.15) is 5.56 Å². The smallest absolute Gasteiger partial charge is 0.130 e. The van der Waals surface area contributed by atoms with Crippen molar-refractivity contribution >= 4 is 12.4 Å². The van der Waals surface area contributed by atoms with Crippen LogP contribution in [0.2, 0.25) is 0 Å². The maximum Gasteiger partial charge on any atom is 0.130 e. The van der Waals surface area contributed by atoms with Crippen LogP contribution in [0.5, 0.6) is 0 Å². The van der Waals surface area contributed by atoms with Crippen molar-refractivity contribution < 1.29 is 13.5 Å². The first kappa shape index (κ1) is 17.2. The lowest BCUT2D eigenvalue weighted by Gasteiger charge is -2.17. The second-order valence-electron chi connectivity index (χ2n) is 3.87. The fourth-order valence-corrected chi connectivity index (χ4v) is 1.43. The van der Waals surface area contributed by atoms with Crippen LogP contribution < -0.4 is 5.73 Å². The van der Waals surface area contributed by atoms with Crippen LogP contribution in [0.15, 0.2) is 18.2 Å². The molecule has 0 saturated heterocycles. The standard InChI is InChI=1S/C12H18F2N2O.ClH/c1-16(5-7-17-6-4-15)9-10-2-3-11(13)8-12(10)14;/h2-3,8H,4-7,9,15H2,1H3;1H. The Morgan fingerprint density at radius 3 is 2.61 bits per heavy atom. The summed E-state index contributed by atoms with van der Waals surface area (Å²) in [6.45, 7) is 2.68. The lowest BCUT2D eigenvalue weighted by molar-refractivity contribution is 0.115. The highest BCUT2D eigenvalue weighted by atomic mass is 35.5. The Labute approximate surface area is 112 Å². The molecule has 0 unspecified atom stereocenters. The first-order chi connectivity index (χ1) is 8.13. The van der Waals surface area contributed by atoms with Crippen molar-refractivity contribution in [3.8, 4) is 0 Å². The molecule has 0 fully saturated rings. The Morgan fingerprint density at radius 2 is 2.00 bits per heavy atom. The molecule has 0 aliphatic rings. The average Bonchev–Trinajstić information content (AvgIpc) is 2.28. The van der Waals surface area contributed by atoms with Crippen molar-refractivity contribution in [3.05, 3.63) is 35.4 Å². The summed E-state index contributed by atoms with van der Waals surface area (Å²) in [5.41, 5.74) is 5.76. The zero-order valence-electron chi connectivity index (χ0n) is 10.4. The lowest BCUT2D eigenvalue weighted by Crippen LogP contribution is -2.24. The summed E-state index contributed by atoms with van der Waals surface area (Å²) in [4.78, 5) is 1.91. The molecule has 0 aliphatic carbocycles. The molecule has 2 N–H and O–H groups in total. The maximum absolute atomic E-state index is 13.3. The lowest BCUT2D eigenvalue weighted by atomic mass is 10.2. The fraction of sp³-hybridized carbons (Fsp3) is 0.500. The first-order valence-electron chi connectivity index (χ1n) is 5.53. The van der Waals surface area contributed by atoms with Gasteiger partial charge in [-0.1, -0.05) is 6.07 Å². The third-order valence-corrected chi connectivity index (χ3v) is 2.33. The van der Waals surface area contributed by atoms with E-state index in [2.05, 4.69) is 0 Å². The second-order valence-corrected chi connectivity index (χ2v) is 3.87. The van der Waals surface area contributed by atoms with Crippen LogP contribution in [-0.4, -0.2) is 38.3 Å². The number of nitrogens with zero attached hydrogens (tertiary/aromatic N) is 1. The van der Waals surface area contributed by atoms with Gasteiger partial charge in [-0.2, -0.15) is 0 Å². The minimum absolute atomic E-state index is 0. The highest BCUT2D eigenvalue weighted by molar-refractivity contribution is 5.85. The van der Waals surface area contributed by atoms with Gasteiger partial charge in [-0.15, -0.1) is 12.4 Å². The molecule has 6 heteroatoms. The second kappa shape index (κ2) is 9.22. The number of benzene rings is 1. The number of likely N-dealkylation sites (N-methyl/N-ethyl adjacent to an activating group) is 1. The number of hydrogen-bond donors (Lipinski definition) is 1. The molecule has 0 aliphatic heterocycles. The van der Waals surface area contributed by atoms with Gasteiger partial charge >= 0.3 is 0 Å². The Kier molecular flexibility index (Phi) is 8.83. The summed E-state index contributed by atoms with van der Waals surface area (Å²) in [6.07, 6.45) is 0. The highest BCUT2D eigenvalue weighted by Crippen LogP contribution is 2.11. The van der Waals surface area contributed by atoms with Crippen molar-refractivity contribution in [1.82, 2.24) is 4.90 Å². The minimum atomic E-state index is -0.555. The Morgan fingerprint density at radius 1 is 1.28 bits per heavy atom. The Hall–Kier alpha value is -0.750. The van der Waals surface area contributed by atoms with Gasteiger partial charge < -0.3 is 10.5 Å². The molecule has 1 aromatic rings. The first-order valence-corrected chi connectivity index (χ1v) is 5.53. The van der Waals surface area contributed by atoms with E-state index in [1.54, 1.807) is 0 Å². The molecule has 0 atom stereocenters. The van der Waals surface area contributed by atoms with E-state index < -0.39 is 11.6 Å². The topological polar surface area (TPSA) is 38.5 Å². The SMILES string of the molecule is CN(CCOCCN)Cc1ccc(F)cc1F.Cl. The molecule has 1 rings (SSSR count). The molecule has 0 radical (unpaired) electrons. The van der Waals surface area contributed by atoms with E-state index in [1.165, 1.54) is 12.1 Å². The van der Waals surface area contributed by atoms with E-state index in [9.17, 15) is 8.78 Å². The van der Waals surface area contributed by atoms with Gasteiger partial charge in [0, 0.05) is 31.3 Å². The van der Waals surface area contributed by atoms with E-state index in [0.717, 1.165) is 6.07 Å². The molecular weight excluding hydrogens is 262 g/mol. The summed E-state index contributed by atoms with van der Waals surface area (Å²) >= 11 is 0. The van der Waals surface area contributed by atoms with E-state index in [1.807, 2.05) is 11.9 Å². The third-order valence-electron chi connectivity index (χ3n) is 2.33. The molecule has 0 spiro atoms. The molecular formula is C12H19ClF2N2O. The van der Waals surface area contributed by atoms with Crippen molar-refractivity contribution in [2.24, 2.45) is 5.73 Å². The quantitative estimate of drug-likeness (QED) is 0.774.